The van der Waals surface area contributed by atoms with Gasteiger partial charge < -0.3 is 9.84 Å². The summed E-state index contributed by atoms with van der Waals surface area (Å²) in [6.07, 6.45) is 2.99. The number of nitrogens with zero attached hydrogens (tertiary/aromatic N) is 2. The van der Waals surface area contributed by atoms with Crippen LogP contribution in [0.5, 0.6) is 0 Å². The summed E-state index contributed by atoms with van der Waals surface area (Å²) in [5, 5.41) is 8.91. The molecule has 1 aromatic rings. The Morgan fingerprint density at radius 2 is 2.24 bits per heavy atom. The number of fused-ring (bicyclic) bond motifs is 1. The number of hydrogen-bond donors (Lipinski definition) is 1. The Labute approximate surface area is 98.8 Å². The quantitative estimate of drug-likeness (QED) is 0.846. The third kappa shape index (κ3) is 2.15. The van der Waals surface area contributed by atoms with E-state index in [2.05, 4.69) is 9.97 Å². The van der Waals surface area contributed by atoms with Gasteiger partial charge in [0.25, 0.3) is 0 Å². The molecule has 2 heterocycles. The van der Waals surface area contributed by atoms with Crippen LogP contribution < -0.4 is 0 Å². The van der Waals surface area contributed by atoms with Gasteiger partial charge in [-0.25, -0.2) is 9.97 Å². The Morgan fingerprint density at radius 1 is 1.41 bits per heavy atom. The molecule has 5 nitrogen and oxygen atoms in total. The zero-order valence-corrected chi connectivity index (χ0v) is 9.48. The fraction of sp³-hybridized carbons (Fsp3) is 0.583. The monoisotopic (exact) mass is 234 g/mol. The fourth-order valence-corrected chi connectivity index (χ4v) is 2.13. The van der Waals surface area contributed by atoms with Crippen LogP contribution in [0.1, 0.15) is 41.5 Å². The lowest BCUT2D eigenvalue weighted by Gasteiger charge is -2.18. The lowest BCUT2D eigenvalue weighted by Crippen LogP contribution is -2.19. The summed E-state index contributed by atoms with van der Waals surface area (Å²) >= 11 is 0. The smallest absolute Gasteiger partial charge is 0.309 e. The molecule has 0 bridgehead atoms. The number of aromatic nitrogens is 2. The van der Waals surface area contributed by atoms with Crippen molar-refractivity contribution < 1.29 is 14.6 Å². The number of hydrogen-bond acceptors (Lipinski definition) is 4. The van der Waals surface area contributed by atoms with Crippen LogP contribution in [0.3, 0.4) is 0 Å². The van der Waals surface area contributed by atoms with Crippen molar-refractivity contribution in [1.82, 2.24) is 9.97 Å². The van der Waals surface area contributed by atoms with Crippen LogP contribution in [0.25, 0.3) is 0 Å². The predicted molar refractivity (Wildman–Crippen MR) is 58.7 cm³/mol. The molecule has 5 heteroatoms. The molecule has 17 heavy (non-hydrogen) atoms. The third-order valence-electron chi connectivity index (χ3n) is 3.19. The summed E-state index contributed by atoms with van der Waals surface area (Å²) in [5.41, 5.74) is 2.52. The SMILES string of the molecule is O=C(O)Cc1nc(C2CC2)nc2c1COCC2. The highest BCUT2D eigenvalue weighted by molar-refractivity contribution is 5.70. The molecule has 3 rings (SSSR count). The third-order valence-corrected chi connectivity index (χ3v) is 3.19. The second-order valence-electron chi connectivity index (χ2n) is 4.60. The average molecular weight is 234 g/mol. The van der Waals surface area contributed by atoms with Gasteiger partial charge in [-0.3, -0.25) is 4.79 Å². The Morgan fingerprint density at radius 3 is 2.94 bits per heavy atom. The molecule has 90 valence electrons. The first-order valence-electron chi connectivity index (χ1n) is 5.92. The molecule has 1 aliphatic heterocycles. The van der Waals surface area contributed by atoms with Gasteiger partial charge in [-0.05, 0) is 12.8 Å². The van der Waals surface area contributed by atoms with Gasteiger partial charge in [0.1, 0.15) is 5.82 Å². The maximum Gasteiger partial charge on any atom is 0.309 e. The molecule has 0 aromatic carbocycles. The van der Waals surface area contributed by atoms with E-state index in [0.717, 1.165) is 36.3 Å². The molecular formula is C12H14N2O3. The van der Waals surface area contributed by atoms with Gasteiger partial charge in [0, 0.05) is 17.9 Å². The molecule has 0 spiro atoms. The molecule has 1 aliphatic carbocycles. The van der Waals surface area contributed by atoms with Crippen molar-refractivity contribution in [1.29, 1.82) is 0 Å². The van der Waals surface area contributed by atoms with E-state index in [0.29, 0.717) is 24.8 Å². The number of carboxylic acids is 1. The first-order chi connectivity index (χ1) is 8.24. The first kappa shape index (κ1) is 10.7. The topological polar surface area (TPSA) is 72.3 Å². The van der Waals surface area contributed by atoms with E-state index in [9.17, 15) is 4.79 Å². The van der Waals surface area contributed by atoms with Crippen molar-refractivity contribution in [3.8, 4) is 0 Å². The van der Waals surface area contributed by atoms with Gasteiger partial charge in [0.2, 0.25) is 0 Å². The highest BCUT2D eigenvalue weighted by Gasteiger charge is 2.29. The summed E-state index contributed by atoms with van der Waals surface area (Å²) < 4.78 is 5.36. The first-order valence-corrected chi connectivity index (χ1v) is 5.92. The molecule has 1 saturated carbocycles. The number of carboxylic acid groups (broad SMARTS) is 1. The largest absolute Gasteiger partial charge is 0.481 e. The Hall–Kier alpha value is -1.49. The van der Waals surface area contributed by atoms with Crippen LogP contribution in [-0.2, 0) is 29.0 Å². The van der Waals surface area contributed by atoms with E-state index in [1.807, 2.05) is 0 Å². The van der Waals surface area contributed by atoms with Gasteiger partial charge in [0.15, 0.2) is 0 Å². The number of ether oxygens (including phenoxy) is 1. The highest BCUT2D eigenvalue weighted by atomic mass is 16.5. The van der Waals surface area contributed by atoms with Crippen molar-refractivity contribution >= 4 is 5.97 Å². The van der Waals surface area contributed by atoms with Crippen LogP contribution >= 0.6 is 0 Å². The van der Waals surface area contributed by atoms with Gasteiger partial charge >= 0.3 is 5.97 Å². The minimum atomic E-state index is -0.849. The van der Waals surface area contributed by atoms with Crippen LogP contribution in [0.4, 0.5) is 0 Å². The van der Waals surface area contributed by atoms with E-state index in [1.54, 1.807) is 0 Å². The minimum absolute atomic E-state index is 0.0338. The average Bonchev–Trinajstić information content (AvgIpc) is 3.12. The Kier molecular flexibility index (Phi) is 2.55. The van der Waals surface area contributed by atoms with Crippen LogP contribution in [-0.4, -0.2) is 27.7 Å². The molecule has 0 saturated heterocycles. The van der Waals surface area contributed by atoms with Gasteiger partial charge in [-0.1, -0.05) is 0 Å². The zero-order chi connectivity index (χ0) is 11.8. The van der Waals surface area contributed by atoms with E-state index >= 15 is 0 Å². The maximum absolute atomic E-state index is 10.9. The van der Waals surface area contributed by atoms with Crippen LogP contribution in [0.2, 0.25) is 0 Å². The highest BCUT2D eigenvalue weighted by Crippen LogP contribution is 2.38. The molecule has 0 atom stereocenters. The van der Waals surface area contributed by atoms with Crippen molar-refractivity contribution in [2.45, 2.75) is 38.2 Å². The minimum Gasteiger partial charge on any atom is -0.481 e. The Balaban J connectivity index is 2.02. The normalized spacial score (nSPS) is 18.8. The predicted octanol–water partition coefficient (Wildman–Crippen LogP) is 1.05. The van der Waals surface area contributed by atoms with Crippen LogP contribution in [0, 0.1) is 0 Å². The summed E-state index contributed by atoms with van der Waals surface area (Å²) in [6, 6.07) is 0. The summed E-state index contributed by atoms with van der Waals surface area (Å²) in [5.74, 6) is 0.441. The van der Waals surface area contributed by atoms with E-state index in [1.165, 1.54) is 0 Å². The second-order valence-corrected chi connectivity index (χ2v) is 4.60. The van der Waals surface area contributed by atoms with Gasteiger partial charge in [0.05, 0.1) is 31.0 Å². The van der Waals surface area contributed by atoms with Crippen LogP contribution in [0.15, 0.2) is 0 Å². The number of carbonyl (C=O) groups is 1. The molecule has 1 N–H and O–H groups in total. The molecule has 1 fully saturated rings. The Bertz CT molecular complexity index is 469. The molecule has 1 aromatic heterocycles. The van der Waals surface area contributed by atoms with Crippen molar-refractivity contribution in [2.75, 3.05) is 6.61 Å². The maximum atomic E-state index is 10.9. The van der Waals surface area contributed by atoms with E-state index < -0.39 is 5.97 Å². The molecule has 2 aliphatic rings. The zero-order valence-electron chi connectivity index (χ0n) is 9.48. The second kappa shape index (κ2) is 4.07. The molecular weight excluding hydrogens is 220 g/mol. The van der Waals surface area contributed by atoms with Gasteiger partial charge in [-0.15, -0.1) is 0 Å². The van der Waals surface area contributed by atoms with Gasteiger partial charge in [-0.2, -0.15) is 0 Å². The lowest BCUT2D eigenvalue weighted by molar-refractivity contribution is -0.136. The van der Waals surface area contributed by atoms with E-state index in [-0.39, 0.29) is 6.42 Å². The van der Waals surface area contributed by atoms with E-state index in [4.69, 9.17) is 9.84 Å². The summed E-state index contributed by atoms with van der Waals surface area (Å²) in [7, 11) is 0. The molecule has 0 unspecified atom stereocenters. The lowest BCUT2D eigenvalue weighted by atomic mass is 10.1. The standard InChI is InChI=1S/C12H14N2O3/c15-11(16)5-10-8-6-17-4-3-9(8)13-12(14-10)7-1-2-7/h7H,1-6H2,(H,15,16). The number of aliphatic carboxylic acids is 1. The molecule has 0 amide bonds. The summed E-state index contributed by atoms with van der Waals surface area (Å²) in [4.78, 5) is 19.8. The summed E-state index contributed by atoms with van der Waals surface area (Å²) in [6.45, 7) is 1.11. The fourth-order valence-electron chi connectivity index (χ4n) is 2.13. The molecule has 0 radical (unpaired) electrons. The van der Waals surface area contributed by atoms with Crippen molar-refractivity contribution in [3.63, 3.8) is 0 Å². The number of rotatable bonds is 3. The van der Waals surface area contributed by atoms with Crippen molar-refractivity contribution in [2.24, 2.45) is 0 Å². The van der Waals surface area contributed by atoms with Crippen molar-refractivity contribution in [3.05, 3.63) is 22.8 Å².